The highest BCUT2D eigenvalue weighted by molar-refractivity contribution is 5.94. The van der Waals surface area contributed by atoms with Crippen LogP contribution in [0.4, 0.5) is 0 Å². The van der Waals surface area contributed by atoms with Crippen molar-refractivity contribution in [2.45, 2.75) is 155 Å². The largest absolute Gasteiger partial charge is 0.394 e. The summed E-state index contributed by atoms with van der Waals surface area (Å²) in [6, 6.07) is -2.59. The Hall–Kier alpha value is -2.42. The summed E-state index contributed by atoms with van der Waals surface area (Å²) in [7, 11) is 0. The molecule has 236 valence electrons. The lowest BCUT2D eigenvalue weighted by molar-refractivity contribution is -0.141. The topological polar surface area (TPSA) is 128 Å². The van der Waals surface area contributed by atoms with Crippen LogP contribution in [0.2, 0.25) is 0 Å². The highest BCUT2D eigenvalue weighted by atomic mass is 16.3. The minimum Gasteiger partial charge on any atom is -0.394 e. The van der Waals surface area contributed by atoms with Gasteiger partial charge in [-0.15, -0.1) is 0 Å². The normalized spacial score (nSPS) is 17.3. The first kappa shape index (κ1) is 36.6. The number of hydrogen-bond acceptors (Lipinski definition) is 5. The van der Waals surface area contributed by atoms with Crippen LogP contribution in [0.25, 0.3) is 0 Å². The number of carbonyl (C=O) groups is 4. The van der Waals surface area contributed by atoms with E-state index in [1.165, 1.54) is 56.3 Å². The number of rotatable bonds is 22. The molecule has 9 heteroatoms. The third-order valence-corrected chi connectivity index (χ3v) is 7.67. The van der Waals surface area contributed by atoms with Crippen molar-refractivity contribution in [1.82, 2.24) is 20.9 Å². The van der Waals surface area contributed by atoms with E-state index in [9.17, 15) is 24.3 Å². The Morgan fingerprint density at radius 3 is 2.00 bits per heavy atom. The van der Waals surface area contributed by atoms with Crippen molar-refractivity contribution < 1.29 is 24.3 Å². The zero-order chi connectivity index (χ0) is 30.5. The summed E-state index contributed by atoms with van der Waals surface area (Å²) in [5.41, 5.74) is 0. The molecule has 0 aromatic carbocycles. The number of aliphatic hydroxyl groups excluding tert-OH is 1. The number of unbranched alkanes of at least 4 members (excludes halogenated alkanes) is 11. The van der Waals surface area contributed by atoms with E-state index in [1.54, 1.807) is 20.8 Å². The second-order valence-electron chi connectivity index (χ2n) is 11.6. The molecule has 0 saturated carbocycles. The highest BCUT2D eigenvalue weighted by Crippen LogP contribution is 2.19. The number of aliphatic hydroxyl groups is 1. The van der Waals surface area contributed by atoms with E-state index < -0.39 is 30.1 Å². The molecule has 1 fully saturated rings. The van der Waals surface area contributed by atoms with Crippen molar-refractivity contribution in [2.75, 3.05) is 13.2 Å². The van der Waals surface area contributed by atoms with E-state index >= 15 is 0 Å². The van der Waals surface area contributed by atoms with Gasteiger partial charge in [0, 0.05) is 19.0 Å². The summed E-state index contributed by atoms with van der Waals surface area (Å²) in [5.74, 6) is -1.23. The zero-order valence-corrected chi connectivity index (χ0v) is 26.2. The van der Waals surface area contributed by atoms with Gasteiger partial charge in [0.05, 0.1) is 6.61 Å². The van der Waals surface area contributed by atoms with Gasteiger partial charge in [0.2, 0.25) is 23.6 Å². The van der Waals surface area contributed by atoms with Crippen LogP contribution < -0.4 is 16.0 Å². The maximum atomic E-state index is 13.0. The van der Waals surface area contributed by atoms with E-state index in [1.807, 2.05) is 0 Å². The van der Waals surface area contributed by atoms with Crippen LogP contribution >= 0.6 is 0 Å². The van der Waals surface area contributed by atoms with E-state index in [0.717, 1.165) is 32.1 Å². The summed E-state index contributed by atoms with van der Waals surface area (Å²) in [4.78, 5) is 51.9. The smallest absolute Gasteiger partial charge is 0.245 e. The lowest BCUT2D eigenvalue weighted by atomic mass is 10.1. The quantitative estimate of drug-likeness (QED) is 0.111. The van der Waals surface area contributed by atoms with Crippen molar-refractivity contribution in [3.63, 3.8) is 0 Å². The van der Waals surface area contributed by atoms with Crippen LogP contribution in [-0.2, 0) is 19.2 Å². The first-order chi connectivity index (χ1) is 19.7. The molecule has 0 radical (unpaired) electrons. The first-order valence-electron chi connectivity index (χ1n) is 16.2. The molecule has 41 heavy (non-hydrogen) atoms. The minimum atomic E-state index is -0.823. The molecule has 1 heterocycles. The monoisotopic (exact) mass is 578 g/mol. The molecule has 1 saturated heterocycles. The maximum absolute atomic E-state index is 13.0. The second kappa shape index (κ2) is 22.2. The molecule has 4 unspecified atom stereocenters. The Kier molecular flexibility index (Phi) is 19.8. The first-order valence-corrected chi connectivity index (χ1v) is 16.2. The van der Waals surface area contributed by atoms with Gasteiger partial charge in [-0.05, 0) is 65.7 Å². The summed E-state index contributed by atoms with van der Waals surface area (Å²) in [6.07, 6.45) is 21.8. The van der Waals surface area contributed by atoms with Gasteiger partial charge < -0.3 is 26.0 Å². The molecule has 4 atom stereocenters. The number of nitrogens with zero attached hydrogens (tertiary/aromatic N) is 1. The number of nitrogens with one attached hydrogen (secondary N) is 3. The Morgan fingerprint density at radius 2 is 1.39 bits per heavy atom. The van der Waals surface area contributed by atoms with E-state index in [4.69, 9.17) is 0 Å². The molecule has 1 rings (SSSR count). The lowest BCUT2D eigenvalue weighted by Crippen LogP contribution is -2.55. The van der Waals surface area contributed by atoms with E-state index in [2.05, 4.69) is 35.0 Å². The zero-order valence-electron chi connectivity index (χ0n) is 26.2. The molecule has 0 spiro atoms. The average Bonchev–Trinajstić information content (AvgIpc) is 3.44. The number of amides is 4. The molecular weight excluding hydrogens is 520 g/mol. The van der Waals surface area contributed by atoms with Gasteiger partial charge in [-0.2, -0.15) is 0 Å². The van der Waals surface area contributed by atoms with Crippen molar-refractivity contribution in [3.8, 4) is 0 Å². The van der Waals surface area contributed by atoms with E-state index in [-0.39, 0.29) is 24.3 Å². The van der Waals surface area contributed by atoms with Gasteiger partial charge >= 0.3 is 0 Å². The Bertz CT molecular complexity index is 803. The van der Waals surface area contributed by atoms with Gasteiger partial charge in [-0.3, -0.25) is 19.2 Å². The fraction of sp³-hybridized carbons (Fsp3) is 0.812. The maximum Gasteiger partial charge on any atom is 0.245 e. The lowest BCUT2D eigenvalue weighted by Gasteiger charge is -2.28. The van der Waals surface area contributed by atoms with Crippen LogP contribution in [0.15, 0.2) is 12.2 Å². The number of likely N-dealkylation sites (tertiary alicyclic amines) is 1. The van der Waals surface area contributed by atoms with Crippen molar-refractivity contribution in [1.29, 1.82) is 0 Å². The van der Waals surface area contributed by atoms with Gasteiger partial charge in [-0.1, -0.05) is 70.4 Å². The highest BCUT2D eigenvalue weighted by Gasteiger charge is 2.36. The standard InChI is InChI=1S/C32H58N4O5/c1-5-6-7-8-9-10-11-12-13-14-15-16-17-18-19-22-29(38)34-26(3)30(39)35-27(4)32(41)36-23-20-21-28(36)31(40)33-25(2)24-37/h12-13,25-28,37H,5-11,14-24H2,1-4H3,(H,33,40)(H,34,38)(H,35,39)/b13-12-. The van der Waals surface area contributed by atoms with Gasteiger partial charge in [-0.25, -0.2) is 0 Å². The van der Waals surface area contributed by atoms with Crippen LogP contribution in [0, 0.1) is 0 Å². The van der Waals surface area contributed by atoms with Crippen molar-refractivity contribution in [3.05, 3.63) is 12.2 Å². The molecule has 9 nitrogen and oxygen atoms in total. The predicted molar refractivity (Wildman–Crippen MR) is 164 cm³/mol. The van der Waals surface area contributed by atoms with Gasteiger partial charge in [0.25, 0.3) is 0 Å². The van der Waals surface area contributed by atoms with Crippen molar-refractivity contribution in [2.24, 2.45) is 0 Å². The fourth-order valence-corrected chi connectivity index (χ4v) is 5.07. The second-order valence-corrected chi connectivity index (χ2v) is 11.6. The number of allylic oxidation sites excluding steroid dienone is 2. The van der Waals surface area contributed by atoms with Crippen molar-refractivity contribution >= 4 is 23.6 Å². The molecule has 1 aliphatic rings. The van der Waals surface area contributed by atoms with Crippen LogP contribution in [0.5, 0.6) is 0 Å². The summed E-state index contributed by atoms with van der Waals surface area (Å²) in [5, 5.41) is 17.3. The van der Waals surface area contributed by atoms with Gasteiger partial charge in [0.1, 0.15) is 18.1 Å². The average molecular weight is 579 g/mol. The molecule has 4 amide bonds. The minimum absolute atomic E-state index is 0.168. The summed E-state index contributed by atoms with van der Waals surface area (Å²) < 4.78 is 0. The molecule has 0 aliphatic carbocycles. The Morgan fingerprint density at radius 1 is 0.805 bits per heavy atom. The summed E-state index contributed by atoms with van der Waals surface area (Å²) >= 11 is 0. The third kappa shape index (κ3) is 16.0. The van der Waals surface area contributed by atoms with E-state index in [0.29, 0.717) is 25.8 Å². The molecule has 0 bridgehead atoms. The number of carbonyl (C=O) groups excluding carboxylic acids is 4. The van der Waals surface area contributed by atoms with Crippen LogP contribution in [0.1, 0.15) is 130 Å². The molecular formula is C32H58N4O5. The van der Waals surface area contributed by atoms with Crippen LogP contribution in [-0.4, -0.2) is 71.0 Å². The van der Waals surface area contributed by atoms with Gasteiger partial charge in [0.15, 0.2) is 0 Å². The molecule has 0 aromatic heterocycles. The third-order valence-electron chi connectivity index (χ3n) is 7.67. The predicted octanol–water partition coefficient (Wildman–Crippen LogP) is 4.52. The Balaban J connectivity index is 2.18. The fourth-order valence-electron chi connectivity index (χ4n) is 5.07. The Labute approximate surface area is 248 Å². The molecule has 0 aromatic rings. The summed E-state index contributed by atoms with van der Waals surface area (Å²) in [6.45, 7) is 7.38. The molecule has 4 N–H and O–H groups in total. The van der Waals surface area contributed by atoms with Crippen LogP contribution in [0.3, 0.4) is 0 Å². The number of hydrogen-bond donors (Lipinski definition) is 4. The molecule has 1 aliphatic heterocycles. The SMILES string of the molecule is CCCCCCCC/C=C\CCCCCCCC(=O)NC(C)C(=O)NC(C)C(=O)N1CCCC1C(=O)NC(C)CO.